The van der Waals surface area contributed by atoms with Crippen molar-refractivity contribution in [2.24, 2.45) is 23.5 Å². The molecule has 106 valence electrons. The van der Waals surface area contributed by atoms with Gasteiger partial charge in [0.15, 0.2) is 0 Å². The Morgan fingerprint density at radius 3 is 2.00 bits per heavy atom. The normalized spacial score (nSPS) is 41.0. The molecule has 0 heterocycles. The fraction of sp³-hybridized carbons (Fsp3) is 0.857. The molecule has 0 aliphatic heterocycles. The summed E-state index contributed by atoms with van der Waals surface area (Å²) < 4.78 is 0. The van der Waals surface area contributed by atoms with Gasteiger partial charge in [0, 0.05) is 5.54 Å². The molecule has 4 N–H and O–H groups in total. The second kappa shape index (κ2) is 4.47. The van der Waals surface area contributed by atoms with Gasteiger partial charge in [-0.3, -0.25) is 10.1 Å². The molecule has 4 fully saturated rings. The standard InChI is InChI=1S/C14H23N3O2/c1-8(12(18)16-13(15)19)17-14-5-9-2-10(6-14)4-11(3-9)7-14/h8-11,17H,2-7H2,1H3,(H3,15,16,18,19)/t8-,9?,10?,11?,14?/m1/s1. The van der Waals surface area contributed by atoms with Gasteiger partial charge in [-0.05, 0) is 63.2 Å². The van der Waals surface area contributed by atoms with Crippen molar-refractivity contribution in [2.45, 2.75) is 57.0 Å². The Kier molecular flexibility index (Phi) is 3.04. The first kappa shape index (κ1) is 12.9. The fourth-order valence-corrected chi connectivity index (χ4v) is 5.04. The average molecular weight is 265 g/mol. The summed E-state index contributed by atoms with van der Waals surface area (Å²) in [5, 5.41) is 5.67. The van der Waals surface area contributed by atoms with E-state index in [0.29, 0.717) is 0 Å². The van der Waals surface area contributed by atoms with Crippen LogP contribution in [0.5, 0.6) is 0 Å². The smallest absolute Gasteiger partial charge is 0.318 e. The number of carbonyl (C=O) groups excluding carboxylic acids is 2. The molecule has 4 saturated carbocycles. The van der Waals surface area contributed by atoms with E-state index in [9.17, 15) is 9.59 Å². The molecule has 0 aromatic rings. The van der Waals surface area contributed by atoms with Crippen LogP contribution in [0.2, 0.25) is 0 Å². The molecular formula is C14H23N3O2. The van der Waals surface area contributed by atoms with Gasteiger partial charge < -0.3 is 11.1 Å². The van der Waals surface area contributed by atoms with Crippen molar-refractivity contribution in [3.63, 3.8) is 0 Å². The van der Waals surface area contributed by atoms with Gasteiger partial charge in [-0.25, -0.2) is 4.79 Å². The van der Waals surface area contributed by atoms with Crippen molar-refractivity contribution >= 4 is 11.9 Å². The fourth-order valence-electron chi connectivity index (χ4n) is 5.04. The molecule has 4 aliphatic carbocycles. The van der Waals surface area contributed by atoms with Crippen LogP contribution in [0.15, 0.2) is 0 Å². The molecule has 4 rings (SSSR count). The minimum atomic E-state index is -0.774. The number of nitrogens with two attached hydrogens (primary N) is 1. The summed E-state index contributed by atoms with van der Waals surface area (Å²) in [5.41, 5.74) is 5.12. The maximum atomic E-state index is 11.8. The third-order valence-electron chi connectivity index (χ3n) is 5.20. The van der Waals surface area contributed by atoms with Crippen molar-refractivity contribution < 1.29 is 9.59 Å². The Morgan fingerprint density at radius 1 is 1.11 bits per heavy atom. The highest BCUT2D eigenvalue weighted by atomic mass is 16.2. The summed E-state index contributed by atoms with van der Waals surface area (Å²) in [4.78, 5) is 22.5. The predicted molar refractivity (Wildman–Crippen MR) is 71.2 cm³/mol. The highest BCUT2D eigenvalue weighted by Gasteiger charge is 2.51. The van der Waals surface area contributed by atoms with Gasteiger partial charge in [0.25, 0.3) is 0 Å². The van der Waals surface area contributed by atoms with E-state index in [1.165, 1.54) is 38.5 Å². The molecule has 0 unspecified atom stereocenters. The number of hydrogen-bond donors (Lipinski definition) is 3. The zero-order valence-electron chi connectivity index (χ0n) is 11.4. The number of nitrogens with one attached hydrogen (secondary N) is 2. The number of rotatable bonds is 3. The van der Waals surface area contributed by atoms with Crippen LogP contribution < -0.4 is 16.4 Å². The van der Waals surface area contributed by atoms with Crippen LogP contribution in [0.1, 0.15) is 45.4 Å². The first-order valence-electron chi connectivity index (χ1n) is 7.34. The van der Waals surface area contributed by atoms with Crippen molar-refractivity contribution in [3.05, 3.63) is 0 Å². The van der Waals surface area contributed by atoms with E-state index in [1.54, 1.807) is 0 Å². The molecule has 0 saturated heterocycles. The second-order valence-electron chi connectivity index (χ2n) is 6.92. The van der Waals surface area contributed by atoms with Crippen LogP contribution in [-0.2, 0) is 4.79 Å². The van der Waals surface area contributed by atoms with E-state index in [4.69, 9.17) is 5.73 Å². The number of hydrogen-bond acceptors (Lipinski definition) is 3. The molecule has 0 aromatic carbocycles. The molecule has 0 spiro atoms. The van der Waals surface area contributed by atoms with Crippen molar-refractivity contribution in [1.29, 1.82) is 0 Å². The lowest BCUT2D eigenvalue weighted by atomic mass is 9.53. The summed E-state index contributed by atoms with van der Waals surface area (Å²) in [6, 6.07) is -1.13. The van der Waals surface area contributed by atoms with Crippen LogP contribution in [0.4, 0.5) is 4.79 Å². The van der Waals surface area contributed by atoms with Crippen LogP contribution in [0.3, 0.4) is 0 Å². The number of carbonyl (C=O) groups is 2. The van der Waals surface area contributed by atoms with Gasteiger partial charge in [0.1, 0.15) is 0 Å². The third-order valence-corrected chi connectivity index (χ3v) is 5.20. The molecule has 5 heteroatoms. The van der Waals surface area contributed by atoms with Gasteiger partial charge >= 0.3 is 6.03 Å². The van der Waals surface area contributed by atoms with Gasteiger partial charge in [-0.2, -0.15) is 0 Å². The van der Waals surface area contributed by atoms with Crippen molar-refractivity contribution in [2.75, 3.05) is 0 Å². The van der Waals surface area contributed by atoms with E-state index in [1.807, 2.05) is 6.92 Å². The zero-order valence-corrected chi connectivity index (χ0v) is 11.4. The minimum Gasteiger partial charge on any atom is -0.351 e. The molecule has 0 aromatic heterocycles. The average Bonchev–Trinajstić information content (AvgIpc) is 2.24. The molecular weight excluding hydrogens is 242 g/mol. The second-order valence-corrected chi connectivity index (χ2v) is 6.92. The SMILES string of the molecule is C[C@@H](NC12CC3CC(CC(C3)C1)C2)C(=O)NC(N)=O. The van der Waals surface area contributed by atoms with E-state index < -0.39 is 6.03 Å². The monoisotopic (exact) mass is 265 g/mol. The summed E-state index contributed by atoms with van der Waals surface area (Å²) in [7, 11) is 0. The summed E-state index contributed by atoms with van der Waals surface area (Å²) in [6.45, 7) is 1.82. The largest absolute Gasteiger partial charge is 0.351 e. The lowest BCUT2D eigenvalue weighted by Crippen LogP contribution is -2.62. The summed E-state index contributed by atoms with van der Waals surface area (Å²) in [6.07, 6.45) is 7.70. The third kappa shape index (κ3) is 2.48. The van der Waals surface area contributed by atoms with Gasteiger partial charge in [-0.15, -0.1) is 0 Å². The Bertz CT molecular complexity index is 372. The van der Waals surface area contributed by atoms with Gasteiger partial charge in [0.05, 0.1) is 6.04 Å². The number of primary amides is 1. The highest BCUT2D eigenvalue weighted by Crippen LogP contribution is 2.55. The Labute approximate surface area is 113 Å². The lowest BCUT2D eigenvalue weighted by molar-refractivity contribution is -0.123. The van der Waals surface area contributed by atoms with Crippen molar-refractivity contribution in [3.8, 4) is 0 Å². The number of urea groups is 1. The molecule has 19 heavy (non-hydrogen) atoms. The predicted octanol–water partition coefficient (Wildman–Crippen LogP) is 1.13. The Balaban J connectivity index is 1.66. The molecule has 3 amide bonds. The van der Waals surface area contributed by atoms with Crippen LogP contribution in [0.25, 0.3) is 0 Å². The minimum absolute atomic E-state index is 0.128. The van der Waals surface area contributed by atoms with Crippen LogP contribution >= 0.6 is 0 Å². The zero-order chi connectivity index (χ0) is 13.6. The van der Waals surface area contributed by atoms with E-state index in [2.05, 4.69) is 10.6 Å². The molecule has 4 aliphatic rings. The Hall–Kier alpha value is -1.10. The first-order chi connectivity index (χ1) is 8.96. The van der Waals surface area contributed by atoms with Crippen LogP contribution in [0, 0.1) is 17.8 Å². The van der Waals surface area contributed by atoms with E-state index in [0.717, 1.165) is 17.8 Å². The lowest BCUT2D eigenvalue weighted by Gasteiger charge is -2.57. The maximum Gasteiger partial charge on any atom is 0.318 e. The molecule has 0 radical (unpaired) electrons. The Morgan fingerprint density at radius 2 is 1.58 bits per heavy atom. The van der Waals surface area contributed by atoms with Gasteiger partial charge in [-0.1, -0.05) is 0 Å². The number of amides is 3. The summed E-state index contributed by atoms with van der Waals surface area (Å²) in [5.74, 6) is 2.20. The topological polar surface area (TPSA) is 84.2 Å². The van der Waals surface area contributed by atoms with Crippen molar-refractivity contribution in [1.82, 2.24) is 10.6 Å². The van der Waals surface area contributed by atoms with Crippen LogP contribution in [-0.4, -0.2) is 23.5 Å². The molecule has 5 nitrogen and oxygen atoms in total. The highest BCUT2D eigenvalue weighted by molar-refractivity contribution is 5.96. The quantitative estimate of drug-likeness (QED) is 0.715. The maximum absolute atomic E-state index is 11.8. The van der Waals surface area contributed by atoms with Gasteiger partial charge in [0.2, 0.25) is 5.91 Å². The molecule has 1 atom stereocenters. The van der Waals surface area contributed by atoms with E-state index in [-0.39, 0.29) is 17.5 Å². The molecule has 4 bridgehead atoms. The summed E-state index contributed by atoms with van der Waals surface area (Å²) >= 11 is 0. The first-order valence-corrected chi connectivity index (χ1v) is 7.34. The van der Waals surface area contributed by atoms with E-state index >= 15 is 0 Å². The number of imide groups is 1.